The maximum atomic E-state index is 12.0. The summed E-state index contributed by atoms with van der Waals surface area (Å²) in [6, 6.07) is 9.20. The van der Waals surface area contributed by atoms with Gasteiger partial charge in [-0.3, -0.25) is 4.79 Å². The molecule has 1 aliphatic carbocycles. The molecule has 0 radical (unpaired) electrons. The molecule has 0 saturated heterocycles. The Kier molecular flexibility index (Phi) is 5.60. The molecule has 3 nitrogen and oxygen atoms in total. The van der Waals surface area contributed by atoms with E-state index in [1.54, 1.807) is 0 Å². The molecule has 3 heteroatoms. The van der Waals surface area contributed by atoms with Crippen LogP contribution >= 0.6 is 0 Å². The van der Waals surface area contributed by atoms with Gasteiger partial charge in [-0.05, 0) is 44.7 Å². The third kappa shape index (κ3) is 4.64. The van der Waals surface area contributed by atoms with Crippen molar-refractivity contribution in [3.05, 3.63) is 35.4 Å². The normalized spacial score (nSPS) is 22.5. The summed E-state index contributed by atoms with van der Waals surface area (Å²) < 4.78 is 0. The zero-order valence-electron chi connectivity index (χ0n) is 12.6. The van der Waals surface area contributed by atoms with E-state index >= 15 is 0 Å². The Labute approximate surface area is 122 Å². The predicted octanol–water partition coefficient (Wildman–Crippen LogP) is 2.57. The lowest BCUT2D eigenvalue weighted by Gasteiger charge is -2.29. The fourth-order valence-electron chi connectivity index (χ4n) is 2.90. The van der Waals surface area contributed by atoms with Crippen LogP contribution in [0.5, 0.6) is 0 Å². The second-order valence-corrected chi connectivity index (χ2v) is 5.84. The Morgan fingerprint density at radius 3 is 2.30 bits per heavy atom. The van der Waals surface area contributed by atoms with Crippen LogP contribution in [0.2, 0.25) is 0 Å². The van der Waals surface area contributed by atoms with Gasteiger partial charge in [-0.1, -0.05) is 36.8 Å². The van der Waals surface area contributed by atoms with Crippen molar-refractivity contribution in [1.82, 2.24) is 10.6 Å². The molecule has 1 amide bonds. The van der Waals surface area contributed by atoms with E-state index in [2.05, 4.69) is 36.6 Å². The molecular formula is C17H26N2O. The monoisotopic (exact) mass is 274 g/mol. The Balaban J connectivity index is 1.74. The summed E-state index contributed by atoms with van der Waals surface area (Å²) in [6.45, 7) is 5.25. The lowest BCUT2D eigenvalue weighted by atomic mass is 9.91. The van der Waals surface area contributed by atoms with Crippen molar-refractivity contribution in [2.45, 2.75) is 58.0 Å². The van der Waals surface area contributed by atoms with E-state index in [1.165, 1.54) is 18.4 Å². The molecule has 20 heavy (non-hydrogen) atoms. The smallest absolute Gasteiger partial charge is 0.224 e. The maximum Gasteiger partial charge on any atom is 0.224 e. The molecule has 1 aromatic carbocycles. The number of carbonyl (C=O) groups excluding carboxylic acids is 1. The zero-order chi connectivity index (χ0) is 14.4. The minimum absolute atomic E-state index is 0.153. The van der Waals surface area contributed by atoms with Gasteiger partial charge in [-0.15, -0.1) is 0 Å². The second kappa shape index (κ2) is 7.44. The summed E-state index contributed by atoms with van der Waals surface area (Å²) in [5, 5.41) is 6.67. The summed E-state index contributed by atoms with van der Waals surface area (Å²) in [5.41, 5.74) is 2.32. The standard InChI is InChI=1S/C17H26N2O/c1-3-18-15-8-10-16(11-9-15)19-17(20)12-14-6-4-13(2)5-7-14/h4-7,15-16,18H,3,8-12H2,1-2H3,(H,19,20). The average Bonchev–Trinajstić information content (AvgIpc) is 2.44. The van der Waals surface area contributed by atoms with Crippen molar-refractivity contribution in [2.24, 2.45) is 0 Å². The van der Waals surface area contributed by atoms with Crippen LogP contribution in [-0.4, -0.2) is 24.5 Å². The average molecular weight is 274 g/mol. The van der Waals surface area contributed by atoms with E-state index in [0.29, 0.717) is 18.5 Å². The summed E-state index contributed by atoms with van der Waals surface area (Å²) in [5.74, 6) is 0.153. The van der Waals surface area contributed by atoms with E-state index in [0.717, 1.165) is 24.9 Å². The topological polar surface area (TPSA) is 41.1 Å². The van der Waals surface area contributed by atoms with Crippen molar-refractivity contribution >= 4 is 5.91 Å². The van der Waals surface area contributed by atoms with E-state index in [-0.39, 0.29) is 5.91 Å². The van der Waals surface area contributed by atoms with Gasteiger partial charge in [0.05, 0.1) is 6.42 Å². The van der Waals surface area contributed by atoms with Gasteiger partial charge in [-0.2, -0.15) is 0 Å². The Morgan fingerprint density at radius 1 is 1.10 bits per heavy atom. The number of benzene rings is 1. The molecule has 0 aromatic heterocycles. The molecule has 110 valence electrons. The van der Waals surface area contributed by atoms with Crippen molar-refractivity contribution < 1.29 is 4.79 Å². The minimum atomic E-state index is 0.153. The Hall–Kier alpha value is -1.35. The quantitative estimate of drug-likeness (QED) is 0.866. The summed E-state index contributed by atoms with van der Waals surface area (Å²) in [4.78, 5) is 12.0. The molecule has 2 rings (SSSR count). The Bertz CT molecular complexity index is 419. The highest BCUT2D eigenvalue weighted by Gasteiger charge is 2.21. The number of nitrogens with one attached hydrogen (secondary N) is 2. The van der Waals surface area contributed by atoms with Crippen LogP contribution in [0.15, 0.2) is 24.3 Å². The lowest BCUT2D eigenvalue weighted by Crippen LogP contribution is -2.42. The maximum absolute atomic E-state index is 12.0. The lowest BCUT2D eigenvalue weighted by molar-refractivity contribution is -0.121. The number of rotatable bonds is 5. The van der Waals surface area contributed by atoms with Gasteiger partial charge in [0.1, 0.15) is 0 Å². The van der Waals surface area contributed by atoms with Gasteiger partial charge in [-0.25, -0.2) is 0 Å². The predicted molar refractivity (Wildman–Crippen MR) is 82.7 cm³/mol. The molecule has 1 aromatic rings. The summed E-state index contributed by atoms with van der Waals surface area (Å²) in [7, 11) is 0. The van der Waals surface area contributed by atoms with Crippen LogP contribution in [0.4, 0.5) is 0 Å². The fraction of sp³-hybridized carbons (Fsp3) is 0.588. The van der Waals surface area contributed by atoms with Gasteiger partial charge < -0.3 is 10.6 Å². The molecule has 0 atom stereocenters. The molecule has 0 bridgehead atoms. The first-order valence-corrected chi connectivity index (χ1v) is 7.75. The van der Waals surface area contributed by atoms with Gasteiger partial charge in [0.15, 0.2) is 0 Å². The summed E-state index contributed by atoms with van der Waals surface area (Å²) in [6.07, 6.45) is 5.02. The van der Waals surface area contributed by atoms with Crippen molar-refractivity contribution in [3.63, 3.8) is 0 Å². The van der Waals surface area contributed by atoms with E-state index in [9.17, 15) is 4.79 Å². The molecule has 1 fully saturated rings. The number of aryl methyl sites for hydroxylation is 1. The molecule has 2 N–H and O–H groups in total. The van der Waals surface area contributed by atoms with Crippen LogP contribution < -0.4 is 10.6 Å². The van der Waals surface area contributed by atoms with Crippen LogP contribution in [0.3, 0.4) is 0 Å². The number of hydrogen-bond acceptors (Lipinski definition) is 2. The Morgan fingerprint density at radius 2 is 1.70 bits per heavy atom. The molecule has 0 spiro atoms. The van der Waals surface area contributed by atoms with Crippen LogP contribution in [-0.2, 0) is 11.2 Å². The van der Waals surface area contributed by atoms with Crippen molar-refractivity contribution in [1.29, 1.82) is 0 Å². The first kappa shape index (κ1) is 15.0. The molecule has 0 heterocycles. The number of carbonyl (C=O) groups is 1. The third-order valence-electron chi connectivity index (χ3n) is 4.07. The second-order valence-electron chi connectivity index (χ2n) is 5.84. The number of amides is 1. The highest BCUT2D eigenvalue weighted by Crippen LogP contribution is 2.18. The highest BCUT2D eigenvalue weighted by molar-refractivity contribution is 5.78. The zero-order valence-corrected chi connectivity index (χ0v) is 12.6. The fourth-order valence-corrected chi connectivity index (χ4v) is 2.90. The molecule has 1 aliphatic rings. The molecular weight excluding hydrogens is 248 g/mol. The minimum Gasteiger partial charge on any atom is -0.353 e. The largest absolute Gasteiger partial charge is 0.353 e. The van der Waals surface area contributed by atoms with E-state index < -0.39 is 0 Å². The van der Waals surface area contributed by atoms with Crippen LogP contribution in [0.1, 0.15) is 43.7 Å². The first-order valence-electron chi connectivity index (χ1n) is 7.75. The van der Waals surface area contributed by atoms with Crippen LogP contribution in [0, 0.1) is 6.92 Å². The van der Waals surface area contributed by atoms with Crippen molar-refractivity contribution in [2.75, 3.05) is 6.54 Å². The van der Waals surface area contributed by atoms with Gasteiger partial charge in [0, 0.05) is 12.1 Å². The van der Waals surface area contributed by atoms with E-state index in [1.807, 2.05) is 12.1 Å². The first-order chi connectivity index (χ1) is 9.67. The summed E-state index contributed by atoms with van der Waals surface area (Å²) >= 11 is 0. The number of hydrogen-bond donors (Lipinski definition) is 2. The third-order valence-corrected chi connectivity index (χ3v) is 4.07. The van der Waals surface area contributed by atoms with Crippen LogP contribution in [0.25, 0.3) is 0 Å². The SMILES string of the molecule is CCNC1CCC(NC(=O)Cc2ccc(C)cc2)CC1. The molecule has 1 saturated carbocycles. The van der Waals surface area contributed by atoms with E-state index in [4.69, 9.17) is 0 Å². The van der Waals surface area contributed by atoms with Gasteiger partial charge in [0.25, 0.3) is 0 Å². The molecule has 0 aliphatic heterocycles. The van der Waals surface area contributed by atoms with Gasteiger partial charge >= 0.3 is 0 Å². The van der Waals surface area contributed by atoms with Gasteiger partial charge in [0.2, 0.25) is 5.91 Å². The highest BCUT2D eigenvalue weighted by atomic mass is 16.1. The van der Waals surface area contributed by atoms with Crippen molar-refractivity contribution in [3.8, 4) is 0 Å². The molecule has 0 unspecified atom stereocenters.